The molecule has 290 valence electrons. The van der Waals surface area contributed by atoms with Crippen molar-refractivity contribution in [2.45, 2.75) is 117 Å². The summed E-state index contributed by atoms with van der Waals surface area (Å²) in [5.74, 6) is -1.53. The number of unbranched alkanes of at least 4 members (excludes halogenated alkanes) is 1. The topological polar surface area (TPSA) is 384 Å². The predicted octanol–water partition coefficient (Wildman–Crippen LogP) is -8.62. The van der Waals surface area contributed by atoms with Gasteiger partial charge in [-0.1, -0.05) is 0 Å². The van der Waals surface area contributed by atoms with Crippen LogP contribution in [0.25, 0.3) is 0 Å². The van der Waals surface area contributed by atoms with Gasteiger partial charge >= 0.3 is 5.69 Å². The van der Waals surface area contributed by atoms with Crippen LogP contribution in [0.4, 0.5) is 0 Å². The molecule has 0 unspecified atom stereocenters. The first-order valence-electron chi connectivity index (χ1n) is 16.9. The quantitative estimate of drug-likeness (QED) is 0.0744. The van der Waals surface area contributed by atoms with E-state index in [9.17, 15) is 44.7 Å². The lowest BCUT2D eigenvalue weighted by molar-refractivity contribution is -0.279. The Bertz CT molecular complexity index is 1420. The summed E-state index contributed by atoms with van der Waals surface area (Å²) in [7, 11) is 0. The van der Waals surface area contributed by atoms with Gasteiger partial charge in [0.1, 0.15) is 36.6 Å². The minimum absolute atomic E-state index is 0.0133. The fourth-order valence-electron chi connectivity index (χ4n) is 6.46. The number of hydrogen-bond donors (Lipinski definition) is 14. The fraction of sp³-hybridized carbons (Fsp3) is 0.793. The van der Waals surface area contributed by atoms with Crippen molar-refractivity contribution in [3.05, 3.63) is 33.1 Å². The predicted molar refractivity (Wildman–Crippen MR) is 176 cm³/mol. The summed E-state index contributed by atoms with van der Waals surface area (Å²) < 4.78 is 18.1. The highest BCUT2D eigenvalue weighted by molar-refractivity contribution is 5.89. The summed E-state index contributed by atoms with van der Waals surface area (Å²) in [4.78, 5) is 52.1. The Labute approximate surface area is 291 Å². The normalized spacial score (nSPS) is 37.5. The molecule has 3 heterocycles. The number of nitrogens with one attached hydrogen (secondary N) is 4. The summed E-state index contributed by atoms with van der Waals surface area (Å²) >= 11 is 0. The van der Waals surface area contributed by atoms with E-state index < -0.39 is 115 Å². The van der Waals surface area contributed by atoms with Crippen molar-refractivity contribution in [2.24, 2.45) is 28.7 Å². The summed E-state index contributed by atoms with van der Waals surface area (Å²) in [6, 6.07) is -3.59. The van der Waals surface area contributed by atoms with Crippen molar-refractivity contribution in [1.82, 2.24) is 25.5 Å². The van der Waals surface area contributed by atoms with Crippen molar-refractivity contribution in [3.63, 3.8) is 0 Å². The van der Waals surface area contributed by atoms with Crippen LogP contribution in [0, 0.1) is 0 Å². The van der Waals surface area contributed by atoms with Gasteiger partial charge in [0.2, 0.25) is 5.91 Å². The van der Waals surface area contributed by atoms with Gasteiger partial charge < -0.3 is 84.4 Å². The van der Waals surface area contributed by atoms with E-state index in [-0.39, 0.29) is 32.5 Å². The van der Waals surface area contributed by atoms with Crippen LogP contribution in [-0.4, -0.2) is 158 Å². The average molecular weight is 733 g/mol. The summed E-state index contributed by atoms with van der Waals surface area (Å²) in [6.45, 7) is 0.255. The molecule has 1 aliphatic carbocycles. The third kappa shape index (κ3) is 9.54. The molecule has 4 rings (SSSR count). The van der Waals surface area contributed by atoms with Gasteiger partial charge in [0.05, 0.1) is 24.3 Å². The average Bonchev–Trinajstić information content (AvgIpc) is 3.39. The number of carbonyl (C=O) groups excluding carboxylic acids is 2. The third-order valence-electron chi connectivity index (χ3n) is 9.40. The third-order valence-corrected chi connectivity index (χ3v) is 9.40. The highest BCUT2D eigenvalue weighted by Gasteiger charge is 2.49. The number of rotatable bonds is 15. The number of H-pyrrole nitrogens is 1. The zero-order valence-electron chi connectivity index (χ0n) is 27.9. The number of aromatic amines is 1. The number of amides is 2. The van der Waals surface area contributed by atoms with Crippen LogP contribution in [0.1, 0.15) is 31.9 Å². The van der Waals surface area contributed by atoms with Gasteiger partial charge in [-0.25, -0.2) is 4.79 Å². The fourth-order valence-corrected chi connectivity index (χ4v) is 6.46. The van der Waals surface area contributed by atoms with Crippen molar-refractivity contribution in [3.8, 4) is 0 Å². The number of aliphatic hydroxyl groups is 5. The first kappa shape index (κ1) is 40.8. The second kappa shape index (κ2) is 18.2. The minimum atomic E-state index is -1.77. The monoisotopic (exact) mass is 732 g/mol. The van der Waals surface area contributed by atoms with Gasteiger partial charge in [0, 0.05) is 44.0 Å². The molecule has 15 atom stereocenters. The standard InChI is InChI=1S/C29H52N10O12/c30-5-2-1-3-13(37-26(47)24-21(44)22(45)27(50-24)39-8-4-15(40)38-29(39)48)25(46)36-7-6-35-17-18(41)11(32)9-12(33)23(17)51-28-16(34)20(43)19(42)14(10-31)49-28/h4,8,11-14,16-24,27-28,35,41-45H,1-3,5-7,9-10,30-34H2,(H,36,46)(H,37,47)(H,38,40,48)/t11-,12+,13+,14-,16-,17+,18+,19-,20-,21+,22-,23-,24+,27-,28-/m1/s1. The van der Waals surface area contributed by atoms with E-state index in [1.807, 2.05) is 4.98 Å². The molecule has 1 aromatic rings. The Morgan fingerprint density at radius 3 is 2.35 bits per heavy atom. The first-order chi connectivity index (χ1) is 24.2. The van der Waals surface area contributed by atoms with Gasteiger partial charge in [-0.3, -0.25) is 23.9 Å². The van der Waals surface area contributed by atoms with Crippen LogP contribution in [0.2, 0.25) is 0 Å². The first-order valence-corrected chi connectivity index (χ1v) is 16.9. The maximum atomic E-state index is 13.3. The Morgan fingerprint density at radius 1 is 0.961 bits per heavy atom. The van der Waals surface area contributed by atoms with E-state index in [2.05, 4.69) is 16.0 Å². The SMILES string of the molecule is NCCCC[C@H](NC(=O)[C@H]1O[C@@H](n2ccc(=O)[nH]c2=O)[C@H](O)[C@@H]1O)C(=O)NCCN[C@H]1[C@@H](O)[C@H](N)C[C@H](N)[C@H]1O[C@H]1O[C@H](CN)[C@@H](O)[C@H](O)[C@H]1N. The number of nitrogens with zero attached hydrogens (tertiary/aromatic N) is 1. The lowest BCUT2D eigenvalue weighted by Gasteiger charge is -2.47. The van der Waals surface area contributed by atoms with Crippen LogP contribution in [-0.2, 0) is 23.8 Å². The number of ether oxygens (including phenoxy) is 3. The maximum Gasteiger partial charge on any atom is 0.330 e. The molecule has 2 saturated heterocycles. The Morgan fingerprint density at radius 2 is 1.69 bits per heavy atom. The number of aromatic nitrogens is 2. The zero-order chi connectivity index (χ0) is 37.6. The zero-order valence-corrected chi connectivity index (χ0v) is 27.9. The lowest BCUT2D eigenvalue weighted by atomic mass is 9.82. The molecule has 3 aliphatic rings. The molecule has 0 radical (unpaired) electrons. The summed E-state index contributed by atoms with van der Waals surface area (Å²) in [5, 5.41) is 61.0. The summed E-state index contributed by atoms with van der Waals surface area (Å²) in [6.07, 6.45) is -11.3. The van der Waals surface area contributed by atoms with E-state index in [1.54, 1.807) is 0 Å². The van der Waals surface area contributed by atoms with Gasteiger partial charge in [0.15, 0.2) is 18.6 Å². The highest BCUT2D eigenvalue weighted by Crippen LogP contribution is 2.29. The molecule has 2 aliphatic heterocycles. The smallest absolute Gasteiger partial charge is 0.330 e. The second-order valence-corrected chi connectivity index (χ2v) is 13.1. The van der Waals surface area contributed by atoms with E-state index in [0.717, 1.165) is 16.8 Å². The van der Waals surface area contributed by atoms with Crippen molar-refractivity contribution < 1.29 is 49.3 Å². The molecule has 3 fully saturated rings. The molecular formula is C29H52N10O12. The van der Waals surface area contributed by atoms with Crippen molar-refractivity contribution in [1.29, 1.82) is 0 Å². The van der Waals surface area contributed by atoms with Crippen LogP contribution in [0.5, 0.6) is 0 Å². The largest absolute Gasteiger partial charge is 0.390 e. The Hall–Kier alpha value is -2.94. The van der Waals surface area contributed by atoms with Crippen molar-refractivity contribution >= 4 is 11.8 Å². The molecule has 19 N–H and O–H groups in total. The molecular weight excluding hydrogens is 680 g/mol. The Kier molecular flexibility index (Phi) is 14.6. The van der Waals surface area contributed by atoms with Gasteiger partial charge in [-0.2, -0.15) is 0 Å². The number of aliphatic hydroxyl groups excluding tert-OH is 5. The highest BCUT2D eigenvalue weighted by atomic mass is 16.7. The number of carbonyl (C=O) groups is 2. The van der Waals surface area contributed by atoms with Gasteiger partial charge in [-0.15, -0.1) is 0 Å². The van der Waals surface area contributed by atoms with Crippen LogP contribution < -0.4 is 55.9 Å². The molecule has 0 aromatic carbocycles. The molecule has 2 amide bonds. The van der Waals surface area contributed by atoms with Crippen LogP contribution in [0.3, 0.4) is 0 Å². The minimum Gasteiger partial charge on any atom is -0.390 e. The van der Waals surface area contributed by atoms with E-state index >= 15 is 0 Å². The number of nitrogens with two attached hydrogens (primary N) is 5. The second-order valence-electron chi connectivity index (χ2n) is 13.1. The lowest BCUT2D eigenvalue weighted by Crippen LogP contribution is -2.70. The van der Waals surface area contributed by atoms with Crippen LogP contribution >= 0.6 is 0 Å². The molecule has 22 heteroatoms. The molecule has 1 saturated carbocycles. The molecule has 51 heavy (non-hydrogen) atoms. The number of hydrogen-bond acceptors (Lipinski definition) is 18. The van der Waals surface area contributed by atoms with E-state index in [1.165, 1.54) is 0 Å². The van der Waals surface area contributed by atoms with E-state index in [0.29, 0.717) is 19.4 Å². The molecule has 22 nitrogen and oxygen atoms in total. The van der Waals surface area contributed by atoms with Gasteiger partial charge in [0.25, 0.3) is 11.5 Å². The van der Waals surface area contributed by atoms with Crippen molar-refractivity contribution in [2.75, 3.05) is 26.2 Å². The molecule has 0 bridgehead atoms. The Balaban J connectivity index is 1.37. The van der Waals surface area contributed by atoms with E-state index in [4.69, 9.17) is 42.9 Å². The molecule has 0 spiro atoms. The van der Waals surface area contributed by atoms with Gasteiger partial charge in [-0.05, 0) is 32.2 Å². The summed E-state index contributed by atoms with van der Waals surface area (Å²) in [5.41, 5.74) is 28.2. The molecule has 1 aromatic heterocycles. The van der Waals surface area contributed by atoms with Crippen LogP contribution in [0.15, 0.2) is 21.9 Å². The maximum absolute atomic E-state index is 13.3.